The second-order valence-corrected chi connectivity index (χ2v) is 3.73. The molecule has 0 aliphatic heterocycles. The number of aromatic carboxylic acids is 1. The van der Waals surface area contributed by atoms with Gasteiger partial charge in [-0.3, -0.25) is 9.78 Å². The summed E-state index contributed by atoms with van der Waals surface area (Å²) >= 11 is 0. The van der Waals surface area contributed by atoms with Crippen molar-refractivity contribution in [1.29, 1.82) is 0 Å². The molecule has 0 bridgehead atoms. The summed E-state index contributed by atoms with van der Waals surface area (Å²) < 4.78 is 0. The second-order valence-electron chi connectivity index (χ2n) is 3.73. The van der Waals surface area contributed by atoms with E-state index < -0.39 is 18.2 Å². The number of hydrogen-bond acceptors (Lipinski definition) is 5. The average molecular weight is 254 g/mol. The number of carboxylic acids is 1. The van der Waals surface area contributed by atoms with Crippen LogP contribution in [0.2, 0.25) is 0 Å². The van der Waals surface area contributed by atoms with E-state index in [1.807, 2.05) is 0 Å². The second kappa shape index (κ2) is 6.08. The summed E-state index contributed by atoms with van der Waals surface area (Å²) in [5.41, 5.74) is 0.125. The van der Waals surface area contributed by atoms with Crippen LogP contribution in [0.5, 0.6) is 0 Å². The zero-order chi connectivity index (χ0) is 13.7. The van der Waals surface area contributed by atoms with Gasteiger partial charge in [-0.15, -0.1) is 0 Å². The number of aliphatic hydroxyl groups is 2. The number of aliphatic hydroxyl groups excluding tert-OH is 2. The summed E-state index contributed by atoms with van der Waals surface area (Å²) in [5.74, 6) is -1.45. The molecule has 7 nitrogen and oxygen atoms in total. The Hall–Kier alpha value is -1.99. The Bertz CT molecular complexity index is 432. The number of amides is 1. The Labute approximate surface area is 103 Å². The molecule has 0 aliphatic carbocycles. The van der Waals surface area contributed by atoms with E-state index in [2.05, 4.69) is 10.3 Å². The van der Waals surface area contributed by atoms with Gasteiger partial charge < -0.3 is 20.6 Å². The molecule has 1 amide bonds. The molecule has 1 aromatic heterocycles. The molecule has 0 aromatic carbocycles. The lowest BCUT2D eigenvalue weighted by molar-refractivity contribution is -0.119. The maximum Gasteiger partial charge on any atom is 0.337 e. The summed E-state index contributed by atoms with van der Waals surface area (Å²) in [6, 6.07) is 2.59. The van der Waals surface area contributed by atoms with Crippen molar-refractivity contribution >= 4 is 11.9 Å². The number of nitrogens with one attached hydrogen (secondary N) is 1. The Balaban J connectivity index is 2.68. The SMILES string of the molecule is CC(=O)NCC(O)C(O)c1ccc(C(=O)O)cn1. The lowest BCUT2D eigenvalue weighted by atomic mass is 10.1. The quantitative estimate of drug-likeness (QED) is 0.552. The van der Waals surface area contributed by atoms with Crippen molar-refractivity contribution in [3.8, 4) is 0 Å². The minimum Gasteiger partial charge on any atom is -0.478 e. The summed E-state index contributed by atoms with van der Waals surface area (Å²) in [4.78, 5) is 25.0. The van der Waals surface area contributed by atoms with Gasteiger partial charge in [0.05, 0.1) is 11.3 Å². The summed E-state index contributed by atoms with van der Waals surface area (Å²) in [7, 11) is 0. The van der Waals surface area contributed by atoms with Gasteiger partial charge in [0.15, 0.2) is 0 Å². The number of carbonyl (C=O) groups is 2. The van der Waals surface area contributed by atoms with Gasteiger partial charge in [-0.2, -0.15) is 0 Å². The van der Waals surface area contributed by atoms with Crippen LogP contribution >= 0.6 is 0 Å². The average Bonchev–Trinajstić information content (AvgIpc) is 2.35. The van der Waals surface area contributed by atoms with Crippen molar-refractivity contribution in [2.24, 2.45) is 0 Å². The van der Waals surface area contributed by atoms with Crippen LogP contribution in [0, 0.1) is 0 Å². The minimum atomic E-state index is -1.29. The monoisotopic (exact) mass is 254 g/mol. The minimum absolute atomic E-state index is 0.0118. The Kier molecular flexibility index (Phi) is 4.75. The number of pyridine rings is 1. The van der Waals surface area contributed by atoms with Gasteiger partial charge in [0, 0.05) is 19.7 Å². The maximum atomic E-state index is 10.6. The Morgan fingerprint density at radius 3 is 2.50 bits per heavy atom. The molecule has 0 fully saturated rings. The van der Waals surface area contributed by atoms with E-state index in [4.69, 9.17) is 5.11 Å². The van der Waals surface area contributed by atoms with Crippen LogP contribution in [0.25, 0.3) is 0 Å². The predicted molar refractivity (Wildman–Crippen MR) is 60.8 cm³/mol. The third-order valence-electron chi connectivity index (χ3n) is 2.26. The fourth-order valence-electron chi connectivity index (χ4n) is 1.26. The van der Waals surface area contributed by atoms with Gasteiger partial charge in [0.2, 0.25) is 5.91 Å². The van der Waals surface area contributed by atoms with E-state index in [1.54, 1.807) is 0 Å². The molecule has 0 saturated heterocycles. The van der Waals surface area contributed by atoms with Gasteiger partial charge in [0.1, 0.15) is 12.2 Å². The molecule has 18 heavy (non-hydrogen) atoms. The zero-order valence-electron chi connectivity index (χ0n) is 9.70. The highest BCUT2D eigenvalue weighted by molar-refractivity contribution is 5.87. The fraction of sp³-hybridized carbons (Fsp3) is 0.364. The molecule has 7 heteroatoms. The summed E-state index contributed by atoms with van der Waals surface area (Å²) in [6.45, 7) is 1.18. The van der Waals surface area contributed by atoms with Gasteiger partial charge >= 0.3 is 5.97 Å². The van der Waals surface area contributed by atoms with Crippen LogP contribution in [0.15, 0.2) is 18.3 Å². The van der Waals surface area contributed by atoms with E-state index in [0.717, 1.165) is 6.20 Å². The molecule has 0 radical (unpaired) electrons. The van der Waals surface area contributed by atoms with Crippen molar-refractivity contribution in [3.63, 3.8) is 0 Å². The van der Waals surface area contributed by atoms with E-state index >= 15 is 0 Å². The van der Waals surface area contributed by atoms with Crippen LogP contribution in [0.3, 0.4) is 0 Å². The van der Waals surface area contributed by atoms with Gasteiger partial charge in [-0.25, -0.2) is 4.79 Å². The number of aromatic nitrogens is 1. The van der Waals surface area contributed by atoms with Crippen LogP contribution in [0.1, 0.15) is 29.1 Å². The largest absolute Gasteiger partial charge is 0.478 e. The summed E-state index contributed by atoms with van der Waals surface area (Å²) in [6.07, 6.45) is -1.41. The van der Waals surface area contributed by atoms with Crippen LogP contribution in [-0.2, 0) is 4.79 Å². The van der Waals surface area contributed by atoms with Gasteiger partial charge in [-0.05, 0) is 12.1 Å². The third-order valence-corrected chi connectivity index (χ3v) is 2.26. The van der Waals surface area contributed by atoms with Crippen LogP contribution in [0.4, 0.5) is 0 Å². The molecule has 98 valence electrons. The van der Waals surface area contributed by atoms with Crippen LogP contribution < -0.4 is 5.32 Å². The molecule has 4 N–H and O–H groups in total. The van der Waals surface area contributed by atoms with Crippen molar-refractivity contribution in [1.82, 2.24) is 10.3 Å². The molecule has 1 aromatic rings. The number of hydrogen-bond donors (Lipinski definition) is 4. The van der Waals surface area contributed by atoms with E-state index in [-0.39, 0.29) is 23.7 Å². The van der Waals surface area contributed by atoms with Crippen molar-refractivity contribution in [2.45, 2.75) is 19.1 Å². The Morgan fingerprint density at radius 2 is 2.06 bits per heavy atom. The molecule has 0 spiro atoms. The number of rotatable bonds is 5. The maximum absolute atomic E-state index is 10.6. The van der Waals surface area contributed by atoms with Crippen LogP contribution in [-0.4, -0.2) is 44.8 Å². The first kappa shape index (κ1) is 14.1. The fourth-order valence-corrected chi connectivity index (χ4v) is 1.26. The normalized spacial score (nSPS) is 13.7. The molecule has 0 saturated carbocycles. The molecule has 1 rings (SSSR count). The smallest absolute Gasteiger partial charge is 0.337 e. The van der Waals surface area contributed by atoms with Gasteiger partial charge in [-0.1, -0.05) is 0 Å². The highest BCUT2D eigenvalue weighted by Crippen LogP contribution is 2.14. The number of nitrogens with zero attached hydrogens (tertiary/aromatic N) is 1. The highest BCUT2D eigenvalue weighted by Gasteiger charge is 2.20. The lowest BCUT2D eigenvalue weighted by Gasteiger charge is -2.17. The first-order chi connectivity index (χ1) is 8.41. The van der Waals surface area contributed by atoms with E-state index in [1.165, 1.54) is 19.1 Å². The molecular formula is C11H14N2O5. The Morgan fingerprint density at radius 1 is 1.39 bits per heavy atom. The molecule has 0 aliphatic rings. The highest BCUT2D eigenvalue weighted by atomic mass is 16.4. The molecule has 2 atom stereocenters. The number of carbonyl (C=O) groups excluding carboxylic acids is 1. The van der Waals surface area contributed by atoms with Gasteiger partial charge in [0.25, 0.3) is 0 Å². The molecular weight excluding hydrogens is 240 g/mol. The topological polar surface area (TPSA) is 120 Å². The first-order valence-electron chi connectivity index (χ1n) is 5.21. The van der Waals surface area contributed by atoms with Crippen molar-refractivity contribution in [3.05, 3.63) is 29.6 Å². The van der Waals surface area contributed by atoms with Crippen molar-refractivity contribution < 1.29 is 24.9 Å². The predicted octanol–water partition coefficient (Wildman–Crippen LogP) is -0.690. The molecule has 1 heterocycles. The third kappa shape index (κ3) is 3.79. The van der Waals surface area contributed by atoms with E-state index in [0.29, 0.717) is 0 Å². The number of carboxylic acid groups (broad SMARTS) is 1. The van der Waals surface area contributed by atoms with E-state index in [9.17, 15) is 19.8 Å². The lowest BCUT2D eigenvalue weighted by Crippen LogP contribution is -2.34. The zero-order valence-corrected chi connectivity index (χ0v) is 9.70. The summed E-state index contributed by atoms with van der Waals surface area (Å²) in [5, 5.41) is 30.3. The molecule has 2 unspecified atom stereocenters. The van der Waals surface area contributed by atoms with Crippen molar-refractivity contribution in [2.75, 3.05) is 6.54 Å². The first-order valence-corrected chi connectivity index (χ1v) is 5.21. The standard InChI is InChI=1S/C11H14N2O5/c1-6(14)12-5-9(15)10(16)8-3-2-7(4-13-8)11(17)18/h2-4,9-10,15-16H,5H2,1H3,(H,12,14)(H,17,18).